The summed E-state index contributed by atoms with van der Waals surface area (Å²) in [6.07, 6.45) is -0.353. The van der Waals surface area contributed by atoms with E-state index in [9.17, 15) is 13.6 Å². The average molecular weight is 241 g/mol. The van der Waals surface area contributed by atoms with Crippen LogP contribution >= 0.6 is 0 Å². The first-order valence-electron chi connectivity index (χ1n) is 4.64. The van der Waals surface area contributed by atoms with E-state index in [-0.39, 0.29) is 28.9 Å². The van der Waals surface area contributed by atoms with Crippen molar-refractivity contribution in [1.29, 1.82) is 5.26 Å². The number of nitriles is 1. The lowest BCUT2D eigenvalue weighted by molar-refractivity contribution is -0.136. The lowest BCUT2D eigenvalue weighted by atomic mass is 10.0. The quantitative estimate of drug-likeness (QED) is 0.876. The molecule has 0 unspecified atom stereocenters. The monoisotopic (exact) mass is 241 g/mol. The molecule has 0 aromatic heterocycles. The van der Waals surface area contributed by atoms with Crippen LogP contribution in [0.15, 0.2) is 12.1 Å². The van der Waals surface area contributed by atoms with E-state index in [2.05, 4.69) is 4.74 Å². The normalized spacial score (nSPS) is 10.1. The van der Waals surface area contributed by atoms with Crippen LogP contribution in [0.25, 0.3) is 0 Å². The highest BCUT2D eigenvalue weighted by Crippen LogP contribution is 2.25. The molecule has 1 N–H and O–H groups in total. The Morgan fingerprint density at radius 2 is 2.24 bits per heavy atom. The molecule has 0 aliphatic carbocycles. The molecule has 1 aromatic rings. The van der Waals surface area contributed by atoms with Gasteiger partial charge in [0.15, 0.2) is 0 Å². The van der Waals surface area contributed by atoms with E-state index in [1.807, 2.05) is 0 Å². The molecule has 0 spiro atoms. The second-order valence-corrected chi connectivity index (χ2v) is 3.33. The summed E-state index contributed by atoms with van der Waals surface area (Å²) in [5.41, 5.74) is 0.636. The van der Waals surface area contributed by atoms with Gasteiger partial charge in [-0.05, 0) is 24.6 Å². The number of halogens is 2. The molecule has 0 saturated heterocycles. The van der Waals surface area contributed by atoms with Gasteiger partial charge in [0.05, 0.1) is 18.1 Å². The second-order valence-electron chi connectivity index (χ2n) is 3.33. The van der Waals surface area contributed by atoms with Gasteiger partial charge in [0.25, 0.3) is 0 Å². The predicted octanol–water partition coefficient (Wildman–Crippen LogP) is 2.10. The number of aliphatic carboxylic acids is 1. The van der Waals surface area contributed by atoms with Crippen molar-refractivity contribution in [2.45, 2.75) is 20.0 Å². The van der Waals surface area contributed by atoms with Crippen molar-refractivity contribution in [1.82, 2.24) is 0 Å². The molecule has 0 fully saturated rings. The van der Waals surface area contributed by atoms with Crippen molar-refractivity contribution in [3.05, 3.63) is 28.8 Å². The fourth-order valence-electron chi connectivity index (χ4n) is 1.36. The molecule has 0 radical (unpaired) electrons. The first-order valence-corrected chi connectivity index (χ1v) is 4.64. The van der Waals surface area contributed by atoms with Crippen LogP contribution in [0, 0.1) is 18.3 Å². The van der Waals surface area contributed by atoms with Crippen LogP contribution < -0.4 is 4.74 Å². The highest BCUT2D eigenvalue weighted by molar-refractivity contribution is 5.71. The molecular weight excluding hydrogens is 232 g/mol. The number of carboxylic acid groups (broad SMARTS) is 1. The van der Waals surface area contributed by atoms with Gasteiger partial charge in [-0.15, -0.1) is 0 Å². The van der Waals surface area contributed by atoms with Gasteiger partial charge in [0.1, 0.15) is 5.75 Å². The standard InChI is InChI=1S/C11H9F2NO3/c1-6-8(5-14)2-7(4-10(15)16)3-9(6)17-11(12)13/h2-3,11H,4H2,1H3,(H,15,16). The Labute approximate surface area is 96.0 Å². The third-order valence-corrected chi connectivity index (χ3v) is 2.11. The third-order valence-electron chi connectivity index (χ3n) is 2.11. The van der Waals surface area contributed by atoms with E-state index < -0.39 is 12.6 Å². The van der Waals surface area contributed by atoms with Gasteiger partial charge in [0.2, 0.25) is 0 Å². The molecule has 17 heavy (non-hydrogen) atoms. The summed E-state index contributed by atoms with van der Waals surface area (Å²) in [6, 6.07) is 4.36. The molecule has 1 rings (SSSR count). The van der Waals surface area contributed by atoms with Crippen LogP contribution in [0.1, 0.15) is 16.7 Å². The summed E-state index contributed by atoms with van der Waals surface area (Å²) >= 11 is 0. The number of benzene rings is 1. The topological polar surface area (TPSA) is 70.3 Å². The van der Waals surface area contributed by atoms with E-state index in [1.54, 1.807) is 6.07 Å². The van der Waals surface area contributed by atoms with Crippen LogP contribution in [0.2, 0.25) is 0 Å². The summed E-state index contributed by atoms with van der Waals surface area (Å²) in [4.78, 5) is 10.5. The van der Waals surface area contributed by atoms with E-state index in [0.29, 0.717) is 0 Å². The van der Waals surface area contributed by atoms with Crippen LogP contribution in [0.4, 0.5) is 8.78 Å². The number of carbonyl (C=O) groups is 1. The number of carboxylic acids is 1. The number of ether oxygens (including phenoxy) is 1. The summed E-state index contributed by atoms with van der Waals surface area (Å²) in [5.74, 6) is -1.28. The summed E-state index contributed by atoms with van der Waals surface area (Å²) in [7, 11) is 0. The molecule has 0 saturated carbocycles. The second kappa shape index (κ2) is 5.25. The molecule has 4 nitrogen and oxygen atoms in total. The summed E-state index contributed by atoms with van der Waals surface area (Å²) in [6.45, 7) is -1.55. The fraction of sp³-hybridized carbons (Fsp3) is 0.273. The van der Waals surface area contributed by atoms with Gasteiger partial charge in [-0.3, -0.25) is 4.79 Å². The zero-order valence-corrected chi connectivity index (χ0v) is 8.91. The lowest BCUT2D eigenvalue weighted by Crippen LogP contribution is -2.07. The molecule has 90 valence electrons. The first kappa shape index (κ1) is 12.9. The number of rotatable bonds is 4. The van der Waals surface area contributed by atoms with Crippen molar-refractivity contribution in [3.63, 3.8) is 0 Å². The number of nitrogens with zero attached hydrogens (tertiary/aromatic N) is 1. The fourth-order valence-corrected chi connectivity index (χ4v) is 1.36. The number of hydrogen-bond donors (Lipinski definition) is 1. The number of hydrogen-bond acceptors (Lipinski definition) is 3. The average Bonchev–Trinajstić information content (AvgIpc) is 2.21. The van der Waals surface area contributed by atoms with Gasteiger partial charge < -0.3 is 9.84 Å². The van der Waals surface area contributed by atoms with Crippen molar-refractivity contribution in [2.75, 3.05) is 0 Å². The minimum absolute atomic E-state index is 0.124. The van der Waals surface area contributed by atoms with Crippen LogP contribution in [0.5, 0.6) is 5.75 Å². The first-order chi connectivity index (χ1) is 7.93. The molecule has 0 aliphatic heterocycles. The van der Waals surface area contributed by atoms with Crippen molar-refractivity contribution < 1.29 is 23.4 Å². The van der Waals surface area contributed by atoms with Crippen LogP contribution in [-0.2, 0) is 11.2 Å². The minimum Gasteiger partial charge on any atom is -0.481 e. The third kappa shape index (κ3) is 3.41. The Bertz CT molecular complexity index is 480. The molecule has 0 atom stereocenters. The smallest absolute Gasteiger partial charge is 0.387 e. The minimum atomic E-state index is -3.01. The molecule has 1 aromatic carbocycles. The SMILES string of the molecule is Cc1c(C#N)cc(CC(=O)O)cc1OC(F)F. The maximum absolute atomic E-state index is 12.1. The highest BCUT2D eigenvalue weighted by Gasteiger charge is 2.13. The van der Waals surface area contributed by atoms with Gasteiger partial charge in [-0.1, -0.05) is 0 Å². The van der Waals surface area contributed by atoms with Gasteiger partial charge in [-0.25, -0.2) is 0 Å². The Morgan fingerprint density at radius 3 is 2.71 bits per heavy atom. The van der Waals surface area contributed by atoms with E-state index in [1.165, 1.54) is 19.1 Å². The van der Waals surface area contributed by atoms with E-state index in [0.717, 1.165) is 0 Å². The van der Waals surface area contributed by atoms with Gasteiger partial charge in [0, 0.05) is 5.56 Å². The lowest BCUT2D eigenvalue weighted by Gasteiger charge is -2.10. The van der Waals surface area contributed by atoms with Gasteiger partial charge in [-0.2, -0.15) is 14.0 Å². The Kier molecular flexibility index (Phi) is 3.99. The van der Waals surface area contributed by atoms with Crippen LogP contribution in [0.3, 0.4) is 0 Å². The largest absolute Gasteiger partial charge is 0.481 e. The molecule has 0 amide bonds. The molecule has 6 heteroatoms. The number of alkyl halides is 2. The summed E-state index contributed by atoms with van der Waals surface area (Å²) < 4.78 is 28.5. The van der Waals surface area contributed by atoms with Crippen LogP contribution in [-0.4, -0.2) is 17.7 Å². The maximum atomic E-state index is 12.1. The molecular formula is C11H9F2NO3. The molecule has 0 bridgehead atoms. The van der Waals surface area contributed by atoms with Crippen molar-refractivity contribution in [2.24, 2.45) is 0 Å². The van der Waals surface area contributed by atoms with E-state index in [4.69, 9.17) is 10.4 Å². The Morgan fingerprint density at radius 1 is 1.59 bits per heavy atom. The Balaban J connectivity index is 3.19. The zero-order chi connectivity index (χ0) is 13.0. The van der Waals surface area contributed by atoms with Gasteiger partial charge >= 0.3 is 12.6 Å². The highest BCUT2D eigenvalue weighted by atomic mass is 19.3. The maximum Gasteiger partial charge on any atom is 0.387 e. The Hall–Kier alpha value is -2.16. The van der Waals surface area contributed by atoms with Crippen molar-refractivity contribution >= 4 is 5.97 Å². The predicted molar refractivity (Wildman–Crippen MR) is 53.9 cm³/mol. The van der Waals surface area contributed by atoms with Crippen molar-refractivity contribution in [3.8, 4) is 11.8 Å². The van der Waals surface area contributed by atoms with E-state index >= 15 is 0 Å². The molecule has 0 aliphatic rings. The molecule has 0 heterocycles. The zero-order valence-electron chi connectivity index (χ0n) is 8.91. The summed E-state index contributed by atoms with van der Waals surface area (Å²) in [5, 5.41) is 17.4.